The molecule has 1 aromatic carbocycles. The van der Waals surface area contributed by atoms with Crippen molar-refractivity contribution >= 4 is 29.1 Å². The predicted molar refractivity (Wildman–Crippen MR) is 85.1 cm³/mol. The van der Waals surface area contributed by atoms with Crippen LogP contribution in [-0.4, -0.2) is 59.1 Å². The Bertz CT molecular complexity index is 501. The molecule has 1 aliphatic rings. The van der Waals surface area contributed by atoms with Crippen LogP contribution in [0.25, 0.3) is 0 Å². The Kier molecular flexibility index (Phi) is 5.15. The molecule has 0 saturated carbocycles. The Balaban J connectivity index is 1.97. The topological polar surface area (TPSA) is 43.8 Å². The third-order valence-electron chi connectivity index (χ3n) is 3.38. The first-order valence-electron chi connectivity index (χ1n) is 6.95. The summed E-state index contributed by atoms with van der Waals surface area (Å²) in [6, 6.07) is 4.89. The average molecular weight is 331 g/mol. The molecule has 0 aliphatic carbocycles. The van der Waals surface area contributed by atoms with Gasteiger partial charge in [-0.15, -0.1) is 0 Å². The Hall–Kier alpha value is -0.810. The number of carbonyl (C=O) groups is 1. The fourth-order valence-corrected chi connectivity index (χ4v) is 3.04. The van der Waals surface area contributed by atoms with Gasteiger partial charge in [0.1, 0.15) is 0 Å². The van der Waals surface area contributed by atoms with Gasteiger partial charge in [-0.05, 0) is 32.0 Å². The van der Waals surface area contributed by atoms with Crippen LogP contribution in [0.2, 0.25) is 10.0 Å². The van der Waals surface area contributed by atoms with E-state index in [0.717, 1.165) is 13.1 Å². The molecular formula is C15H20Cl2N2O2. The molecule has 1 saturated heterocycles. The molecule has 0 unspecified atom stereocenters. The van der Waals surface area contributed by atoms with Gasteiger partial charge in [-0.2, -0.15) is 0 Å². The molecule has 1 N–H and O–H groups in total. The number of rotatable bonds is 3. The van der Waals surface area contributed by atoms with Crippen molar-refractivity contribution in [3.63, 3.8) is 0 Å². The molecule has 1 heterocycles. The first-order valence-corrected chi connectivity index (χ1v) is 7.70. The zero-order chi connectivity index (χ0) is 15.6. The average Bonchev–Trinajstić information content (AvgIpc) is 2.35. The molecule has 116 valence electrons. The third-order valence-corrected chi connectivity index (χ3v) is 3.82. The minimum absolute atomic E-state index is 0.0534. The van der Waals surface area contributed by atoms with Gasteiger partial charge in [-0.25, -0.2) is 0 Å². The quantitative estimate of drug-likeness (QED) is 0.926. The van der Waals surface area contributed by atoms with Crippen molar-refractivity contribution < 1.29 is 9.90 Å². The van der Waals surface area contributed by atoms with E-state index in [4.69, 9.17) is 23.2 Å². The molecule has 1 amide bonds. The van der Waals surface area contributed by atoms with Gasteiger partial charge in [-0.1, -0.05) is 23.2 Å². The Morgan fingerprint density at radius 1 is 1.14 bits per heavy atom. The minimum atomic E-state index is -0.716. The van der Waals surface area contributed by atoms with Gasteiger partial charge in [0.2, 0.25) is 0 Å². The van der Waals surface area contributed by atoms with Crippen molar-refractivity contribution in [3.8, 4) is 0 Å². The number of hydrogen-bond donors (Lipinski definition) is 1. The Labute approximate surface area is 135 Å². The van der Waals surface area contributed by atoms with E-state index in [-0.39, 0.29) is 5.91 Å². The lowest BCUT2D eigenvalue weighted by molar-refractivity contribution is 0.0178. The fourth-order valence-electron chi connectivity index (χ4n) is 2.52. The molecule has 1 aromatic rings. The summed E-state index contributed by atoms with van der Waals surface area (Å²) in [6.07, 6.45) is 0. The van der Waals surface area contributed by atoms with Crippen LogP contribution in [0.5, 0.6) is 0 Å². The third kappa shape index (κ3) is 4.85. The maximum Gasteiger partial charge on any atom is 0.254 e. The summed E-state index contributed by atoms with van der Waals surface area (Å²) in [5.41, 5.74) is -0.199. The lowest BCUT2D eigenvalue weighted by Gasteiger charge is -2.37. The fraction of sp³-hybridized carbons (Fsp3) is 0.533. The normalized spacial score (nSPS) is 17.1. The van der Waals surface area contributed by atoms with Gasteiger partial charge in [0.05, 0.1) is 5.60 Å². The van der Waals surface area contributed by atoms with E-state index in [1.807, 2.05) is 0 Å². The number of carbonyl (C=O) groups excluding carboxylic acids is 1. The first kappa shape index (κ1) is 16.6. The van der Waals surface area contributed by atoms with E-state index >= 15 is 0 Å². The second kappa shape index (κ2) is 6.53. The number of aliphatic hydroxyl groups is 1. The first-order chi connectivity index (χ1) is 9.74. The molecule has 1 aliphatic heterocycles. The molecule has 0 spiro atoms. The minimum Gasteiger partial charge on any atom is -0.389 e. The monoisotopic (exact) mass is 330 g/mol. The Morgan fingerprint density at radius 3 is 2.14 bits per heavy atom. The number of hydrogen-bond acceptors (Lipinski definition) is 3. The van der Waals surface area contributed by atoms with E-state index < -0.39 is 5.60 Å². The van der Waals surface area contributed by atoms with Crippen LogP contribution < -0.4 is 0 Å². The maximum absolute atomic E-state index is 12.4. The number of amides is 1. The number of halogens is 2. The SMILES string of the molecule is CC(C)(O)CN1CCN(C(=O)c2cc(Cl)cc(Cl)c2)CC1. The summed E-state index contributed by atoms with van der Waals surface area (Å²) in [5, 5.41) is 10.8. The highest BCUT2D eigenvalue weighted by Gasteiger charge is 2.25. The van der Waals surface area contributed by atoms with Gasteiger partial charge in [0.25, 0.3) is 5.91 Å². The van der Waals surface area contributed by atoms with E-state index in [0.29, 0.717) is 35.2 Å². The van der Waals surface area contributed by atoms with Crippen LogP contribution in [0.15, 0.2) is 18.2 Å². The van der Waals surface area contributed by atoms with Crippen LogP contribution in [0, 0.1) is 0 Å². The molecule has 2 rings (SSSR count). The van der Waals surface area contributed by atoms with Crippen molar-refractivity contribution in [1.29, 1.82) is 0 Å². The zero-order valence-corrected chi connectivity index (χ0v) is 13.8. The van der Waals surface area contributed by atoms with Crippen LogP contribution in [0.4, 0.5) is 0 Å². The van der Waals surface area contributed by atoms with Crippen LogP contribution in [0.3, 0.4) is 0 Å². The summed E-state index contributed by atoms with van der Waals surface area (Å²) < 4.78 is 0. The van der Waals surface area contributed by atoms with Gasteiger partial charge in [0.15, 0.2) is 0 Å². The number of nitrogens with zero attached hydrogens (tertiary/aromatic N) is 2. The molecule has 4 nitrogen and oxygen atoms in total. The lowest BCUT2D eigenvalue weighted by Crippen LogP contribution is -2.52. The van der Waals surface area contributed by atoms with E-state index in [1.165, 1.54) is 0 Å². The molecule has 0 atom stereocenters. The highest BCUT2D eigenvalue weighted by atomic mass is 35.5. The second-order valence-corrected chi connectivity index (χ2v) is 6.91. The number of piperazine rings is 1. The number of benzene rings is 1. The van der Waals surface area contributed by atoms with Gasteiger partial charge in [-0.3, -0.25) is 9.69 Å². The van der Waals surface area contributed by atoms with E-state index in [9.17, 15) is 9.90 Å². The summed E-state index contributed by atoms with van der Waals surface area (Å²) in [7, 11) is 0. The van der Waals surface area contributed by atoms with Crippen molar-refractivity contribution in [2.75, 3.05) is 32.7 Å². The maximum atomic E-state index is 12.4. The summed E-state index contributed by atoms with van der Waals surface area (Å²) in [5.74, 6) is -0.0534. The van der Waals surface area contributed by atoms with Crippen LogP contribution in [-0.2, 0) is 0 Å². The predicted octanol–water partition coefficient (Wildman–Crippen LogP) is 2.52. The largest absolute Gasteiger partial charge is 0.389 e. The van der Waals surface area contributed by atoms with Crippen molar-refractivity contribution in [2.24, 2.45) is 0 Å². The molecular weight excluding hydrogens is 311 g/mol. The lowest BCUT2D eigenvalue weighted by atomic mass is 10.1. The highest BCUT2D eigenvalue weighted by Crippen LogP contribution is 2.21. The second-order valence-electron chi connectivity index (χ2n) is 6.04. The smallest absolute Gasteiger partial charge is 0.254 e. The molecule has 1 fully saturated rings. The summed E-state index contributed by atoms with van der Waals surface area (Å²) in [6.45, 7) is 6.97. The standard InChI is InChI=1S/C15H20Cl2N2O2/c1-15(2,21)10-18-3-5-19(6-4-18)14(20)11-7-12(16)9-13(17)8-11/h7-9,21H,3-6,10H2,1-2H3. The molecule has 0 bridgehead atoms. The molecule has 0 aromatic heterocycles. The van der Waals surface area contributed by atoms with E-state index in [1.54, 1.807) is 36.9 Å². The zero-order valence-electron chi connectivity index (χ0n) is 12.3. The van der Waals surface area contributed by atoms with Gasteiger partial charge >= 0.3 is 0 Å². The van der Waals surface area contributed by atoms with Crippen molar-refractivity contribution in [1.82, 2.24) is 9.80 Å². The summed E-state index contributed by atoms with van der Waals surface area (Å²) >= 11 is 11.9. The molecule has 21 heavy (non-hydrogen) atoms. The molecule has 6 heteroatoms. The highest BCUT2D eigenvalue weighted by molar-refractivity contribution is 6.35. The van der Waals surface area contributed by atoms with E-state index in [2.05, 4.69) is 4.90 Å². The Morgan fingerprint density at radius 2 is 1.67 bits per heavy atom. The van der Waals surface area contributed by atoms with Crippen molar-refractivity contribution in [2.45, 2.75) is 19.4 Å². The van der Waals surface area contributed by atoms with Crippen molar-refractivity contribution in [3.05, 3.63) is 33.8 Å². The van der Waals surface area contributed by atoms with Crippen LogP contribution >= 0.6 is 23.2 Å². The summed E-state index contributed by atoms with van der Waals surface area (Å²) in [4.78, 5) is 16.4. The van der Waals surface area contributed by atoms with Gasteiger partial charge < -0.3 is 10.0 Å². The molecule has 0 radical (unpaired) electrons. The number of β-amino-alcohol motifs (C(OH)–C–C–N with tert-alkyl or cyclic N) is 1. The van der Waals surface area contributed by atoms with Gasteiger partial charge in [0, 0.05) is 48.3 Å². The van der Waals surface area contributed by atoms with Crippen LogP contribution in [0.1, 0.15) is 24.2 Å².